The number of ether oxygens (including phenoxy) is 2. The van der Waals surface area contributed by atoms with Gasteiger partial charge in [0, 0.05) is 0 Å². The Kier molecular flexibility index (Phi) is 7.99. The molecule has 0 saturated carbocycles. The molecular formula is C30H32N2O6S. The van der Waals surface area contributed by atoms with Crippen LogP contribution in [0.5, 0.6) is 11.5 Å². The van der Waals surface area contributed by atoms with Crippen molar-refractivity contribution >= 4 is 11.8 Å². The summed E-state index contributed by atoms with van der Waals surface area (Å²) in [6, 6.07) is 19.7. The number of nitrogens with one attached hydrogen (secondary N) is 1. The number of aromatic nitrogens is 2. The first-order valence-corrected chi connectivity index (χ1v) is 14.1. The lowest BCUT2D eigenvalue weighted by Gasteiger charge is -2.31. The second-order valence-electron chi connectivity index (χ2n) is 10.0. The number of aliphatic hydroxyl groups is 1. The van der Waals surface area contributed by atoms with Crippen molar-refractivity contribution in [2.24, 2.45) is 0 Å². The van der Waals surface area contributed by atoms with Gasteiger partial charge in [0.15, 0.2) is 0 Å². The van der Waals surface area contributed by atoms with Crippen molar-refractivity contribution in [2.75, 3.05) is 18.1 Å². The van der Waals surface area contributed by atoms with E-state index in [1.54, 1.807) is 0 Å². The maximum Gasteiger partial charge on any atom is 0.440 e. The lowest BCUT2D eigenvalue weighted by molar-refractivity contribution is -0.0115. The van der Waals surface area contributed by atoms with Gasteiger partial charge in [0.1, 0.15) is 30.3 Å². The quantitative estimate of drug-likeness (QED) is 0.313. The number of hydrogen-bond acceptors (Lipinski definition) is 7. The van der Waals surface area contributed by atoms with Crippen LogP contribution >= 0.6 is 11.8 Å². The van der Waals surface area contributed by atoms with Crippen molar-refractivity contribution in [3.8, 4) is 22.6 Å². The molecule has 0 spiro atoms. The molecule has 1 aliphatic rings. The maximum atomic E-state index is 11.6. The van der Waals surface area contributed by atoms with Gasteiger partial charge >= 0.3 is 11.4 Å². The summed E-state index contributed by atoms with van der Waals surface area (Å²) < 4.78 is 17.8. The summed E-state index contributed by atoms with van der Waals surface area (Å²) >= 11 is 1.88. The van der Waals surface area contributed by atoms with Crippen LogP contribution < -0.4 is 20.9 Å². The molecule has 1 aromatic heterocycles. The maximum absolute atomic E-state index is 11.6. The molecule has 1 saturated heterocycles. The Morgan fingerprint density at radius 3 is 2.33 bits per heavy atom. The van der Waals surface area contributed by atoms with Crippen molar-refractivity contribution in [3.05, 3.63) is 104 Å². The Bertz CT molecular complexity index is 1520. The van der Waals surface area contributed by atoms with Crippen LogP contribution in [-0.4, -0.2) is 38.5 Å². The first-order chi connectivity index (χ1) is 18.8. The third-order valence-electron chi connectivity index (χ3n) is 6.94. The average Bonchev–Trinajstić information content (AvgIpc) is 3.23. The van der Waals surface area contributed by atoms with E-state index in [2.05, 4.69) is 31.0 Å². The number of aromatic amines is 1. The second-order valence-corrected chi connectivity index (χ2v) is 11.3. The van der Waals surface area contributed by atoms with Crippen LogP contribution in [0, 0.1) is 13.8 Å². The normalized spacial score (nSPS) is 14.7. The van der Waals surface area contributed by atoms with E-state index in [1.165, 1.54) is 0 Å². The van der Waals surface area contributed by atoms with E-state index in [-0.39, 0.29) is 6.54 Å². The van der Waals surface area contributed by atoms with Crippen LogP contribution in [0.15, 0.2) is 74.8 Å². The number of benzene rings is 3. The largest absolute Gasteiger partial charge is 0.491 e. The Morgan fingerprint density at radius 1 is 0.949 bits per heavy atom. The molecule has 2 heterocycles. The van der Waals surface area contributed by atoms with E-state index in [9.17, 15) is 14.7 Å². The first kappa shape index (κ1) is 26.9. The van der Waals surface area contributed by atoms with Crippen LogP contribution in [0.1, 0.15) is 35.1 Å². The van der Waals surface area contributed by atoms with Gasteiger partial charge in [-0.15, -0.1) is 4.74 Å². The van der Waals surface area contributed by atoms with Gasteiger partial charge < -0.3 is 19.1 Å². The Hall–Kier alpha value is -3.69. The van der Waals surface area contributed by atoms with E-state index < -0.39 is 17.0 Å². The fraction of sp³-hybridized carbons (Fsp3) is 0.333. The van der Waals surface area contributed by atoms with Gasteiger partial charge in [0.2, 0.25) is 0 Å². The molecule has 1 aliphatic heterocycles. The van der Waals surface area contributed by atoms with Crippen LogP contribution in [0.3, 0.4) is 0 Å². The van der Waals surface area contributed by atoms with Gasteiger partial charge in [-0.3, -0.25) is 0 Å². The van der Waals surface area contributed by atoms with Crippen molar-refractivity contribution in [3.63, 3.8) is 0 Å². The van der Waals surface area contributed by atoms with Crippen LogP contribution in [0.4, 0.5) is 0 Å². The molecule has 3 aromatic carbocycles. The third-order valence-corrected chi connectivity index (χ3v) is 7.92. The number of rotatable bonds is 9. The van der Waals surface area contributed by atoms with Crippen LogP contribution in [-0.2, 0) is 13.2 Å². The number of nitrogens with zero attached hydrogens (tertiary/aromatic N) is 1. The summed E-state index contributed by atoms with van der Waals surface area (Å²) in [5, 5.41) is 10.8. The predicted octanol–water partition coefficient (Wildman–Crippen LogP) is 4.68. The van der Waals surface area contributed by atoms with Gasteiger partial charge in [0.05, 0.1) is 6.54 Å². The first-order valence-electron chi connectivity index (χ1n) is 12.9. The zero-order valence-corrected chi connectivity index (χ0v) is 22.9. The molecule has 0 aliphatic carbocycles. The molecule has 0 bridgehead atoms. The highest BCUT2D eigenvalue weighted by Gasteiger charge is 2.30. The second kappa shape index (κ2) is 11.6. The molecular weight excluding hydrogens is 516 g/mol. The summed E-state index contributed by atoms with van der Waals surface area (Å²) in [6.07, 6.45) is 1.53. The Balaban J connectivity index is 1.23. The SMILES string of the molecule is Cc1cc(OCC2(O)CCSCC2)cc(C)c1-c1cccc(COc2ccc(Cn3oc(=O)[nH]c3=O)cc2)c1. The standard InChI is InChI=1S/C30H32N2O6S/c1-20-14-26(37-19-30(35)10-12-39-13-11-30)15-21(2)27(20)24-5-3-4-23(16-24)18-36-25-8-6-22(7-9-25)17-32-28(33)31-29(34)38-32/h3-9,14-16,35H,10-13,17-19H2,1-2H3,(H,31,33,34). The minimum absolute atomic E-state index is 0.155. The highest BCUT2D eigenvalue weighted by atomic mass is 32.2. The lowest BCUT2D eigenvalue weighted by atomic mass is 9.94. The zero-order valence-electron chi connectivity index (χ0n) is 22.1. The molecule has 39 heavy (non-hydrogen) atoms. The van der Waals surface area contributed by atoms with Gasteiger partial charge in [-0.1, -0.05) is 30.3 Å². The number of aryl methyl sites for hydroxylation is 2. The summed E-state index contributed by atoms with van der Waals surface area (Å²) in [6.45, 7) is 5.04. The lowest BCUT2D eigenvalue weighted by Crippen LogP contribution is -2.39. The smallest absolute Gasteiger partial charge is 0.440 e. The molecule has 0 atom stereocenters. The van der Waals surface area contributed by atoms with Gasteiger partial charge in [-0.05, 0) is 102 Å². The predicted molar refractivity (Wildman–Crippen MR) is 152 cm³/mol. The van der Waals surface area contributed by atoms with E-state index >= 15 is 0 Å². The molecule has 8 nitrogen and oxygen atoms in total. The molecule has 9 heteroatoms. The summed E-state index contributed by atoms with van der Waals surface area (Å²) in [4.78, 5) is 24.9. The van der Waals surface area contributed by atoms with E-state index in [0.717, 1.165) is 68.2 Å². The fourth-order valence-electron chi connectivity index (χ4n) is 4.83. The van der Waals surface area contributed by atoms with Gasteiger partial charge in [0.25, 0.3) is 0 Å². The van der Waals surface area contributed by atoms with Crippen molar-refractivity contribution < 1.29 is 19.1 Å². The van der Waals surface area contributed by atoms with Crippen LogP contribution in [0.2, 0.25) is 0 Å². The Labute approximate surface area is 230 Å². The molecule has 1 fully saturated rings. The molecule has 0 radical (unpaired) electrons. The van der Waals surface area contributed by atoms with E-state index in [4.69, 9.17) is 14.0 Å². The molecule has 4 aromatic rings. The fourth-order valence-corrected chi connectivity index (χ4v) is 6.09. The highest BCUT2D eigenvalue weighted by molar-refractivity contribution is 7.99. The van der Waals surface area contributed by atoms with E-state index in [0.29, 0.717) is 19.0 Å². The Morgan fingerprint density at radius 2 is 1.67 bits per heavy atom. The summed E-state index contributed by atoms with van der Waals surface area (Å²) in [5.41, 5.74) is 5.02. The summed E-state index contributed by atoms with van der Waals surface area (Å²) in [7, 11) is 0. The van der Waals surface area contributed by atoms with Crippen LogP contribution in [0.25, 0.3) is 11.1 Å². The minimum atomic E-state index is -0.773. The molecule has 0 unspecified atom stereocenters. The number of hydrogen-bond donors (Lipinski definition) is 2. The van der Waals surface area contributed by atoms with Crippen molar-refractivity contribution in [1.29, 1.82) is 0 Å². The minimum Gasteiger partial charge on any atom is -0.491 e. The number of H-pyrrole nitrogens is 1. The van der Waals surface area contributed by atoms with Gasteiger partial charge in [-0.25, -0.2) is 14.6 Å². The monoisotopic (exact) mass is 548 g/mol. The molecule has 204 valence electrons. The van der Waals surface area contributed by atoms with Crippen molar-refractivity contribution in [2.45, 2.75) is 45.4 Å². The molecule has 2 N–H and O–H groups in total. The zero-order chi connectivity index (χ0) is 27.4. The number of thioether (sulfide) groups is 1. The van der Waals surface area contributed by atoms with Crippen molar-refractivity contribution in [1.82, 2.24) is 9.72 Å². The topological polar surface area (TPSA) is 107 Å². The molecule has 0 amide bonds. The van der Waals surface area contributed by atoms with Gasteiger partial charge in [-0.2, -0.15) is 11.8 Å². The molecule has 5 rings (SSSR count). The third kappa shape index (κ3) is 6.66. The van der Waals surface area contributed by atoms with E-state index in [1.807, 2.05) is 60.3 Å². The summed E-state index contributed by atoms with van der Waals surface area (Å²) in [5.74, 6) is 2.65. The average molecular weight is 549 g/mol. The highest BCUT2D eigenvalue weighted by Crippen LogP contribution is 2.33.